The van der Waals surface area contributed by atoms with Crippen LogP contribution in [0.1, 0.15) is 16.7 Å². The zero-order valence-electron chi connectivity index (χ0n) is 10.5. The molecule has 94 valence electrons. The third-order valence-electron chi connectivity index (χ3n) is 2.86. The molecule has 0 fully saturated rings. The molecule has 0 saturated heterocycles. The van der Waals surface area contributed by atoms with Gasteiger partial charge in [0.15, 0.2) is 0 Å². The predicted molar refractivity (Wildman–Crippen MR) is 71.1 cm³/mol. The summed E-state index contributed by atoms with van der Waals surface area (Å²) in [6.45, 7) is 4.39. The summed E-state index contributed by atoms with van der Waals surface area (Å²) >= 11 is 0. The van der Waals surface area contributed by atoms with Crippen molar-refractivity contribution in [2.75, 3.05) is 5.73 Å². The fraction of sp³-hybridized carbons (Fsp3) is 0.200. The SMILES string of the molecule is Cc1ccc(OCc2cc(N)cc(F)c2)cc1C. The molecule has 0 saturated carbocycles. The molecular weight excluding hydrogens is 229 g/mol. The maximum absolute atomic E-state index is 13.1. The van der Waals surface area contributed by atoms with Crippen LogP contribution >= 0.6 is 0 Å². The van der Waals surface area contributed by atoms with Gasteiger partial charge in [-0.2, -0.15) is 0 Å². The Morgan fingerprint density at radius 2 is 1.83 bits per heavy atom. The lowest BCUT2D eigenvalue weighted by Gasteiger charge is -2.09. The van der Waals surface area contributed by atoms with Crippen molar-refractivity contribution in [3.63, 3.8) is 0 Å². The van der Waals surface area contributed by atoms with Crippen LogP contribution in [-0.4, -0.2) is 0 Å². The van der Waals surface area contributed by atoms with Crippen LogP contribution in [0.15, 0.2) is 36.4 Å². The number of anilines is 1. The van der Waals surface area contributed by atoms with Gasteiger partial charge in [-0.15, -0.1) is 0 Å². The third-order valence-corrected chi connectivity index (χ3v) is 2.86. The van der Waals surface area contributed by atoms with Gasteiger partial charge in [0.2, 0.25) is 0 Å². The second-order valence-corrected chi connectivity index (χ2v) is 4.43. The van der Waals surface area contributed by atoms with Crippen LogP contribution in [0.3, 0.4) is 0 Å². The van der Waals surface area contributed by atoms with E-state index in [0.717, 1.165) is 11.3 Å². The molecular formula is C15H16FNO. The predicted octanol–water partition coefficient (Wildman–Crippen LogP) is 3.60. The molecule has 0 aromatic heterocycles. The molecule has 2 aromatic rings. The summed E-state index contributed by atoms with van der Waals surface area (Å²) in [6.07, 6.45) is 0. The number of nitrogens with two attached hydrogens (primary N) is 1. The van der Waals surface area contributed by atoms with Gasteiger partial charge < -0.3 is 10.5 Å². The highest BCUT2D eigenvalue weighted by Gasteiger charge is 2.01. The minimum absolute atomic E-state index is 0.310. The first kappa shape index (κ1) is 12.4. The van der Waals surface area contributed by atoms with Gasteiger partial charge in [-0.1, -0.05) is 6.07 Å². The first-order valence-corrected chi connectivity index (χ1v) is 5.79. The van der Waals surface area contributed by atoms with Crippen molar-refractivity contribution in [1.29, 1.82) is 0 Å². The first-order chi connectivity index (χ1) is 8.54. The van der Waals surface area contributed by atoms with Crippen molar-refractivity contribution < 1.29 is 9.13 Å². The molecule has 2 N–H and O–H groups in total. The van der Waals surface area contributed by atoms with Crippen LogP contribution in [0.2, 0.25) is 0 Å². The Labute approximate surface area is 106 Å². The fourth-order valence-electron chi connectivity index (χ4n) is 1.73. The second-order valence-electron chi connectivity index (χ2n) is 4.43. The lowest BCUT2D eigenvalue weighted by atomic mass is 10.1. The largest absolute Gasteiger partial charge is 0.489 e. The Morgan fingerprint density at radius 1 is 1.06 bits per heavy atom. The number of aryl methyl sites for hydroxylation is 2. The second kappa shape index (κ2) is 5.08. The molecule has 0 aliphatic heterocycles. The standard InChI is InChI=1S/C15H16FNO/c1-10-3-4-15(5-11(10)2)18-9-12-6-13(16)8-14(17)7-12/h3-8H,9,17H2,1-2H3. The van der Waals surface area contributed by atoms with Crippen molar-refractivity contribution in [3.05, 3.63) is 58.9 Å². The summed E-state index contributed by atoms with van der Waals surface area (Å²) in [4.78, 5) is 0. The van der Waals surface area contributed by atoms with Gasteiger partial charge >= 0.3 is 0 Å². The van der Waals surface area contributed by atoms with E-state index in [2.05, 4.69) is 0 Å². The van der Waals surface area contributed by atoms with Crippen LogP contribution in [-0.2, 0) is 6.61 Å². The van der Waals surface area contributed by atoms with Gasteiger partial charge in [0, 0.05) is 5.69 Å². The molecule has 0 bridgehead atoms. The van der Waals surface area contributed by atoms with Crippen molar-refractivity contribution in [3.8, 4) is 5.75 Å². The highest BCUT2D eigenvalue weighted by atomic mass is 19.1. The summed E-state index contributed by atoms with van der Waals surface area (Å²) in [5.41, 5.74) is 9.11. The molecule has 0 amide bonds. The van der Waals surface area contributed by atoms with Gasteiger partial charge in [0.05, 0.1) is 0 Å². The lowest BCUT2D eigenvalue weighted by molar-refractivity contribution is 0.305. The molecule has 0 atom stereocenters. The summed E-state index contributed by atoms with van der Waals surface area (Å²) in [6, 6.07) is 10.3. The molecule has 0 heterocycles. The highest BCUT2D eigenvalue weighted by molar-refractivity contribution is 5.41. The van der Waals surface area contributed by atoms with E-state index in [4.69, 9.17) is 10.5 Å². The number of halogens is 1. The van der Waals surface area contributed by atoms with Gasteiger partial charge in [0.25, 0.3) is 0 Å². The van der Waals surface area contributed by atoms with Crippen molar-refractivity contribution in [2.45, 2.75) is 20.5 Å². The van der Waals surface area contributed by atoms with E-state index in [9.17, 15) is 4.39 Å². The van der Waals surface area contributed by atoms with E-state index in [0.29, 0.717) is 12.3 Å². The molecule has 2 aromatic carbocycles. The van der Waals surface area contributed by atoms with Gasteiger partial charge in [-0.25, -0.2) is 4.39 Å². The number of nitrogen functional groups attached to an aromatic ring is 1. The summed E-state index contributed by atoms with van der Waals surface area (Å²) in [5, 5.41) is 0. The molecule has 2 nitrogen and oxygen atoms in total. The lowest BCUT2D eigenvalue weighted by Crippen LogP contribution is -1.98. The number of benzene rings is 2. The van der Waals surface area contributed by atoms with Crippen LogP contribution < -0.4 is 10.5 Å². The van der Waals surface area contributed by atoms with Crippen molar-refractivity contribution in [2.24, 2.45) is 0 Å². The normalized spacial score (nSPS) is 10.4. The summed E-state index contributed by atoms with van der Waals surface area (Å²) in [7, 11) is 0. The van der Waals surface area contributed by atoms with E-state index < -0.39 is 0 Å². The Balaban J connectivity index is 2.08. The van der Waals surface area contributed by atoms with Gasteiger partial charge in [0.1, 0.15) is 18.2 Å². The zero-order valence-corrected chi connectivity index (χ0v) is 10.5. The zero-order chi connectivity index (χ0) is 13.1. The van der Waals surface area contributed by atoms with Crippen molar-refractivity contribution >= 4 is 5.69 Å². The number of hydrogen-bond donors (Lipinski definition) is 1. The van der Waals surface area contributed by atoms with E-state index >= 15 is 0 Å². The van der Waals surface area contributed by atoms with E-state index in [-0.39, 0.29) is 5.82 Å². The monoisotopic (exact) mass is 245 g/mol. The summed E-state index contributed by atoms with van der Waals surface area (Å²) < 4.78 is 18.8. The smallest absolute Gasteiger partial charge is 0.125 e. The quantitative estimate of drug-likeness (QED) is 0.838. The van der Waals surface area contributed by atoms with E-state index in [1.807, 2.05) is 32.0 Å². The van der Waals surface area contributed by atoms with E-state index in [1.165, 1.54) is 23.3 Å². The molecule has 2 rings (SSSR count). The minimum atomic E-state index is -0.339. The van der Waals surface area contributed by atoms with Crippen LogP contribution in [0, 0.1) is 19.7 Å². The Morgan fingerprint density at radius 3 is 2.50 bits per heavy atom. The topological polar surface area (TPSA) is 35.2 Å². The Bertz CT molecular complexity index is 546. The van der Waals surface area contributed by atoms with Crippen LogP contribution in [0.4, 0.5) is 10.1 Å². The molecule has 0 aliphatic rings. The number of rotatable bonds is 3. The minimum Gasteiger partial charge on any atom is -0.489 e. The fourth-order valence-corrected chi connectivity index (χ4v) is 1.73. The molecule has 0 spiro atoms. The molecule has 3 heteroatoms. The van der Waals surface area contributed by atoms with Crippen molar-refractivity contribution in [1.82, 2.24) is 0 Å². The molecule has 0 aliphatic carbocycles. The van der Waals surface area contributed by atoms with E-state index in [1.54, 1.807) is 6.07 Å². The Hall–Kier alpha value is -2.03. The van der Waals surface area contributed by atoms with Gasteiger partial charge in [-0.3, -0.25) is 0 Å². The summed E-state index contributed by atoms with van der Waals surface area (Å²) in [5.74, 6) is 0.439. The Kier molecular flexibility index (Phi) is 3.51. The molecule has 0 unspecified atom stereocenters. The maximum atomic E-state index is 13.1. The average molecular weight is 245 g/mol. The number of hydrogen-bond acceptors (Lipinski definition) is 2. The molecule has 0 radical (unpaired) electrons. The van der Waals surface area contributed by atoms with Crippen LogP contribution in [0.25, 0.3) is 0 Å². The van der Waals surface area contributed by atoms with Crippen LogP contribution in [0.5, 0.6) is 5.75 Å². The third kappa shape index (κ3) is 3.00. The number of ether oxygens (including phenoxy) is 1. The van der Waals surface area contributed by atoms with Gasteiger partial charge in [-0.05, 0) is 60.9 Å². The average Bonchev–Trinajstić information content (AvgIpc) is 2.29. The molecule has 18 heavy (non-hydrogen) atoms. The first-order valence-electron chi connectivity index (χ1n) is 5.79. The maximum Gasteiger partial charge on any atom is 0.125 e. The highest BCUT2D eigenvalue weighted by Crippen LogP contribution is 2.18.